The number of morpholine rings is 1. The number of fused-ring (bicyclic) bond motifs is 1. The first-order chi connectivity index (χ1) is 15.4. The monoisotopic (exact) mass is 434 g/mol. The Balaban J connectivity index is 1.86. The molecule has 3 heterocycles. The third-order valence-corrected chi connectivity index (χ3v) is 5.75. The molecule has 1 fully saturated rings. The summed E-state index contributed by atoms with van der Waals surface area (Å²) in [5.74, 6) is 0.479. The molecule has 0 spiro atoms. The van der Waals surface area contributed by atoms with Crippen LogP contribution in [0.2, 0.25) is 0 Å². The van der Waals surface area contributed by atoms with Gasteiger partial charge in [-0.1, -0.05) is 18.7 Å². The van der Waals surface area contributed by atoms with Gasteiger partial charge >= 0.3 is 5.97 Å². The summed E-state index contributed by atoms with van der Waals surface area (Å²) in [6.07, 6.45) is 1.73. The molecule has 0 saturated carbocycles. The van der Waals surface area contributed by atoms with Crippen molar-refractivity contribution in [2.45, 2.75) is 33.0 Å². The fourth-order valence-electron chi connectivity index (χ4n) is 4.12. The molecule has 2 aromatic heterocycles. The van der Waals surface area contributed by atoms with Gasteiger partial charge in [-0.05, 0) is 61.7 Å². The number of carbonyl (C=O) groups excluding carboxylic acids is 1. The fourth-order valence-corrected chi connectivity index (χ4v) is 4.12. The van der Waals surface area contributed by atoms with E-state index >= 15 is 0 Å². The minimum Gasteiger partial charge on any atom is -0.497 e. The van der Waals surface area contributed by atoms with Gasteiger partial charge in [0.25, 0.3) is 0 Å². The quantitative estimate of drug-likeness (QED) is 0.579. The molecule has 1 N–H and O–H groups in total. The number of methoxy groups -OCH3 is 1. The molecular weight excluding hydrogens is 404 g/mol. The Morgan fingerprint density at radius 1 is 1.22 bits per heavy atom. The van der Waals surface area contributed by atoms with E-state index in [1.54, 1.807) is 7.11 Å². The summed E-state index contributed by atoms with van der Waals surface area (Å²) in [6.45, 7) is 12.2. The van der Waals surface area contributed by atoms with E-state index in [0.29, 0.717) is 18.7 Å². The number of carbonyl (C=O) groups is 1. The van der Waals surface area contributed by atoms with Crippen molar-refractivity contribution in [3.63, 3.8) is 0 Å². The van der Waals surface area contributed by atoms with Gasteiger partial charge in [-0.15, -0.1) is 0 Å². The second kappa shape index (κ2) is 9.18. The number of aromatic nitrogens is 1. The Kier molecular flexibility index (Phi) is 6.35. The number of rotatable bonds is 6. The third-order valence-electron chi connectivity index (χ3n) is 5.75. The Labute approximate surface area is 188 Å². The van der Waals surface area contributed by atoms with Gasteiger partial charge in [-0.2, -0.15) is 0 Å². The van der Waals surface area contributed by atoms with E-state index < -0.39 is 0 Å². The van der Waals surface area contributed by atoms with E-state index in [1.165, 1.54) is 0 Å². The minimum atomic E-state index is -0.330. The van der Waals surface area contributed by atoms with Gasteiger partial charge in [0.2, 0.25) is 0 Å². The van der Waals surface area contributed by atoms with E-state index in [0.717, 1.165) is 45.8 Å². The van der Waals surface area contributed by atoms with Crippen molar-refractivity contribution < 1.29 is 19.0 Å². The zero-order valence-corrected chi connectivity index (χ0v) is 19.1. The molecule has 1 saturated heterocycles. The van der Waals surface area contributed by atoms with Crippen LogP contribution in [0.15, 0.2) is 49.2 Å². The van der Waals surface area contributed by atoms with E-state index in [1.807, 2.05) is 51.1 Å². The highest BCUT2D eigenvalue weighted by atomic mass is 16.5. The molecule has 6 heteroatoms. The number of benzene rings is 1. The second-order valence-electron chi connectivity index (χ2n) is 8.33. The summed E-state index contributed by atoms with van der Waals surface area (Å²) < 4.78 is 18.9. The largest absolute Gasteiger partial charge is 0.497 e. The molecule has 4 rings (SSSR count). The number of pyridine rings is 1. The van der Waals surface area contributed by atoms with Crippen molar-refractivity contribution in [3.05, 3.63) is 66.0 Å². The molecule has 0 bridgehead atoms. The normalized spacial score (nSPS) is 16.3. The number of hydrogen-bond acceptors (Lipinski definition) is 5. The van der Waals surface area contributed by atoms with Gasteiger partial charge in [-0.3, -0.25) is 0 Å². The molecule has 0 radical (unpaired) electrons. The van der Waals surface area contributed by atoms with E-state index in [9.17, 15) is 4.79 Å². The highest BCUT2D eigenvalue weighted by Crippen LogP contribution is 2.32. The van der Waals surface area contributed by atoms with Crippen LogP contribution in [-0.2, 0) is 9.47 Å². The van der Waals surface area contributed by atoms with Crippen molar-refractivity contribution in [1.29, 1.82) is 0 Å². The maximum Gasteiger partial charge on any atom is 0.338 e. The highest BCUT2D eigenvalue weighted by molar-refractivity contribution is 5.95. The lowest BCUT2D eigenvalue weighted by atomic mass is 9.98. The molecule has 1 aromatic carbocycles. The molecule has 32 heavy (non-hydrogen) atoms. The summed E-state index contributed by atoms with van der Waals surface area (Å²) in [4.78, 5) is 12.9. The lowest BCUT2D eigenvalue weighted by Crippen LogP contribution is -2.39. The Morgan fingerprint density at radius 2 is 1.97 bits per heavy atom. The standard InChI is InChI=1S/C26H30N2O4/c1-16(2)32-26(29)23-13-21-12-20(19-6-8-22(30-5)9-7-19)15-28(21)25(17(23)3)18(4)24-14-27-10-11-31-24/h6-9,12-13,15-16,24,27H,4,10-11,14H2,1-3,5H3. The van der Waals surface area contributed by atoms with Crippen LogP contribution >= 0.6 is 0 Å². The molecule has 1 unspecified atom stereocenters. The Bertz CT molecular complexity index is 1140. The first-order valence-corrected chi connectivity index (χ1v) is 10.9. The maximum atomic E-state index is 12.9. The maximum absolute atomic E-state index is 12.9. The summed E-state index contributed by atoms with van der Waals surface area (Å²) in [7, 11) is 1.66. The van der Waals surface area contributed by atoms with Crippen LogP contribution in [0.5, 0.6) is 5.75 Å². The summed E-state index contributed by atoms with van der Waals surface area (Å²) >= 11 is 0. The minimum absolute atomic E-state index is 0.158. The van der Waals surface area contributed by atoms with Crippen LogP contribution in [0.3, 0.4) is 0 Å². The van der Waals surface area contributed by atoms with Crippen LogP contribution in [0.4, 0.5) is 0 Å². The van der Waals surface area contributed by atoms with Crippen molar-refractivity contribution in [1.82, 2.24) is 9.72 Å². The van der Waals surface area contributed by atoms with Crippen LogP contribution in [0.1, 0.15) is 35.5 Å². The van der Waals surface area contributed by atoms with E-state index in [4.69, 9.17) is 14.2 Å². The van der Waals surface area contributed by atoms with Gasteiger partial charge in [0.1, 0.15) is 5.75 Å². The second-order valence-corrected chi connectivity index (χ2v) is 8.33. The Morgan fingerprint density at radius 3 is 2.59 bits per heavy atom. The van der Waals surface area contributed by atoms with Crippen LogP contribution in [0.25, 0.3) is 22.2 Å². The predicted octanol–water partition coefficient (Wildman–Crippen LogP) is 4.49. The summed E-state index contributed by atoms with van der Waals surface area (Å²) in [5.41, 5.74) is 6.10. The molecule has 6 nitrogen and oxygen atoms in total. The average Bonchev–Trinajstić information content (AvgIpc) is 3.22. The predicted molar refractivity (Wildman–Crippen MR) is 126 cm³/mol. The zero-order valence-electron chi connectivity index (χ0n) is 19.1. The molecule has 3 aromatic rings. The number of hydrogen-bond donors (Lipinski definition) is 1. The molecule has 1 aliphatic heterocycles. The molecule has 1 aliphatic rings. The van der Waals surface area contributed by atoms with Gasteiger partial charge in [0.15, 0.2) is 0 Å². The number of nitrogens with zero attached hydrogens (tertiary/aromatic N) is 1. The van der Waals surface area contributed by atoms with Crippen LogP contribution in [0, 0.1) is 6.92 Å². The zero-order chi connectivity index (χ0) is 22.8. The molecular formula is C26H30N2O4. The smallest absolute Gasteiger partial charge is 0.338 e. The van der Waals surface area contributed by atoms with Gasteiger partial charge < -0.3 is 23.9 Å². The number of ether oxygens (including phenoxy) is 3. The van der Waals surface area contributed by atoms with Crippen molar-refractivity contribution >= 4 is 17.1 Å². The Hall–Kier alpha value is -3.09. The van der Waals surface area contributed by atoms with Crippen LogP contribution < -0.4 is 10.1 Å². The van der Waals surface area contributed by atoms with Gasteiger partial charge in [-0.25, -0.2) is 4.79 Å². The lowest BCUT2D eigenvalue weighted by Gasteiger charge is -2.27. The SMILES string of the molecule is C=C(c1c(C)c(C(=O)OC(C)C)cc2cc(-c3ccc(OC)cc3)cn12)C1CNCCO1. The third kappa shape index (κ3) is 4.29. The first kappa shape index (κ1) is 22.1. The van der Waals surface area contributed by atoms with Crippen LogP contribution in [-0.4, -0.2) is 49.4 Å². The topological polar surface area (TPSA) is 61.2 Å². The molecule has 1 atom stereocenters. The fraction of sp³-hybridized carbons (Fsp3) is 0.346. The summed E-state index contributed by atoms with van der Waals surface area (Å²) in [6, 6.07) is 11.9. The van der Waals surface area contributed by atoms with Gasteiger partial charge in [0.05, 0.1) is 37.2 Å². The average molecular weight is 435 g/mol. The highest BCUT2D eigenvalue weighted by Gasteiger charge is 2.25. The molecule has 0 aliphatic carbocycles. The summed E-state index contributed by atoms with van der Waals surface area (Å²) in [5, 5.41) is 3.36. The lowest BCUT2D eigenvalue weighted by molar-refractivity contribution is 0.0376. The van der Waals surface area contributed by atoms with Crippen molar-refractivity contribution in [3.8, 4) is 16.9 Å². The van der Waals surface area contributed by atoms with Crippen molar-refractivity contribution in [2.24, 2.45) is 0 Å². The first-order valence-electron chi connectivity index (χ1n) is 10.9. The van der Waals surface area contributed by atoms with E-state index in [-0.39, 0.29) is 18.2 Å². The number of nitrogens with one attached hydrogen (secondary N) is 1. The molecule has 0 amide bonds. The van der Waals surface area contributed by atoms with Crippen molar-refractivity contribution in [2.75, 3.05) is 26.8 Å². The van der Waals surface area contributed by atoms with Gasteiger partial charge in [0, 0.05) is 30.4 Å². The molecule has 168 valence electrons. The number of esters is 1. The van der Waals surface area contributed by atoms with E-state index in [2.05, 4.69) is 28.6 Å².